The Bertz CT molecular complexity index is 76.2. The molecule has 0 aromatic rings. The Morgan fingerprint density at radius 2 is 2.29 bits per heavy atom. The molecule has 1 fully saturated rings. The van der Waals surface area contributed by atoms with Gasteiger partial charge < -0.3 is 0 Å². The van der Waals surface area contributed by atoms with Crippen LogP contribution in [0.4, 0.5) is 0 Å². The summed E-state index contributed by atoms with van der Waals surface area (Å²) in [4.78, 5) is 0. The summed E-state index contributed by atoms with van der Waals surface area (Å²) in [7, 11) is 0. The van der Waals surface area contributed by atoms with Crippen molar-refractivity contribution in [2.75, 3.05) is 0 Å². The molecule has 41 valence electrons. The summed E-state index contributed by atoms with van der Waals surface area (Å²) in [5.41, 5.74) is -0.533. The third-order valence-corrected chi connectivity index (χ3v) is 1.85. The average molecular weight is 99.2 g/mol. The van der Waals surface area contributed by atoms with Crippen molar-refractivity contribution in [3.63, 3.8) is 0 Å². The minimum absolute atomic E-state index is 0.493. The largest absolute Gasteiger partial charge is 0.229 e. The fourth-order valence-corrected chi connectivity index (χ4v) is 1.01. The molecular weight excluding hydrogens is 88.1 g/mol. The number of rotatable bonds is 1. The monoisotopic (exact) mass is 99.1 g/mol. The molecule has 7 heavy (non-hydrogen) atoms. The lowest BCUT2D eigenvalue weighted by atomic mass is 10.2. The summed E-state index contributed by atoms with van der Waals surface area (Å²) < 4.78 is 0. The van der Waals surface area contributed by atoms with Crippen molar-refractivity contribution in [2.45, 2.75) is 32.3 Å². The molecule has 0 spiro atoms. The highest BCUT2D eigenvalue weighted by Crippen LogP contribution is 2.45. The summed E-state index contributed by atoms with van der Waals surface area (Å²) in [5, 5.41) is 10.8. The Labute approximate surface area is 44.4 Å². The standard InChI is InChI=1S/C6H11O/c1-3-5-4-6(5,2)7/h5H,3-4H2,1-2H3. The predicted octanol–water partition coefficient (Wildman–Crippen LogP) is 1.61. The first-order valence-electron chi connectivity index (χ1n) is 2.87. The molecule has 2 atom stereocenters. The van der Waals surface area contributed by atoms with Gasteiger partial charge in [0.25, 0.3) is 0 Å². The van der Waals surface area contributed by atoms with Crippen LogP contribution in [-0.4, -0.2) is 5.60 Å². The first-order valence-corrected chi connectivity index (χ1v) is 2.87. The first kappa shape index (κ1) is 5.10. The molecule has 1 heteroatoms. The van der Waals surface area contributed by atoms with Crippen molar-refractivity contribution < 1.29 is 5.11 Å². The van der Waals surface area contributed by atoms with Gasteiger partial charge in [-0.2, -0.15) is 0 Å². The van der Waals surface area contributed by atoms with E-state index in [4.69, 9.17) is 0 Å². The van der Waals surface area contributed by atoms with Crippen molar-refractivity contribution in [1.82, 2.24) is 0 Å². The van der Waals surface area contributed by atoms with Crippen molar-refractivity contribution >= 4 is 0 Å². The van der Waals surface area contributed by atoms with E-state index in [2.05, 4.69) is 6.92 Å². The van der Waals surface area contributed by atoms with Crippen molar-refractivity contribution in [1.29, 1.82) is 0 Å². The molecule has 2 unspecified atom stereocenters. The molecule has 1 rings (SSSR count). The zero-order valence-corrected chi connectivity index (χ0v) is 4.90. The maximum atomic E-state index is 10.8. The normalized spacial score (nSPS) is 49.3. The van der Waals surface area contributed by atoms with Gasteiger partial charge in [0.05, 0.1) is 0 Å². The smallest absolute Gasteiger partial charge is 0.104 e. The summed E-state index contributed by atoms with van der Waals surface area (Å²) in [6.07, 6.45) is 1.98. The van der Waals surface area contributed by atoms with E-state index in [1.165, 1.54) is 0 Å². The molecule has 1 radical (unpaired) electrons. The molecule has 0 amide bonds. The van der Waals surface area contributed by atoms with Gasteiger partial charge in [-0.15, -0.1) is 0 Å². The SMILES string of the molecule is CCC1CC1(C)[O]. The highest BCUT2D eigenvalue weighted by molar-refractivity contribution is 4.97. The Morgan fingerprint density at radius 1 is 1.86 bits per heavy atom. The van der Waals surface area contributed by atoms with Crippen LogP contribution in [0.5, 0.6) is 0 Å². The second-order valence-corrected chi connectivity index (χ2v) is 2.62. The zero-order valence-electron chi connectivity index (χ0n) is 4.90. The molecule has 1 aliphatic rings. The minimum Gasteiger partial charge on any atom is -0.229 e. The van der Waals surface area contributed by atoms with E-state index in [-0.39, 0.29) is 0 Å². The maximum Gasteiger partial charge on any atom is 0.104 e. The van der Waals surface area contributed by atoms with Gasteiger partial charge in [0, 0.05) is 0 Å². The Morgan fingerprint density at radius 3 is 2.29 bits per heavy atom. The van der Waals surface area contributed by atoms with E-state index in [9.17, 15) is 5.11 Å². The van der Waals surface area contributed by atoms with E-state index in [0.717, 1.165) is 12.8 Å². The summed E-state index contributed by atoms with van der Waals surface area (Å²) >= 11 is 0. The third-order valence-electron chi connectivity index (χ3n) is 1.85. The van der Waals surface area contributed by atoms with E-state index in [0.29, 0.717) is 5.92 Å². The van der Waals surface area contributed by atoms with Crippen molar-refractivity contribution in [3.8, 4) is 0 Å². The molecule has 0 heterocycles. The maximum absolute atomic E-state index is 10.8. The van der Waals surface area contributed by atoms with Crippen LogP contribution in [0.2, 0.25) is 0 Å². The number of hydrogen-bond acceptors (Lipinski definition) is 0. The molecule has 1 aliphatic carbocycles. The van der Waals surface area contributed by atoms with Crippen LogP contribution in [0.25, 0.3) is 0 Å². The van der Waals surface area contributed by atoms with Crippen molar-refractivity contribution in [2.24, 2.45) is 5.92 Å². The van der Waals surface area contributed by atoms with E-state index in [1.807, 2.05) is 0 Å². The first-order chi connectivity index (χ1) is 3.17. The highest BCUT2D eigenvalue weighted by Gasteiger charge is 2.48. The molecule has 0 aromatic carbocycles. The molecule has 0 N–H and O–H groups in total. The Kier molecular flexibility index (Phi) is 0.890. The van der Waals surface area contributed by atoms with Gasteiger partial charge in [-0.25, -0.2) is 5.11 Å². The van der Waals surface area contributed by atoms with Gasteiger partial charge in [0.15, 0.2) is 0 Å². The summed E-state index contributed by atoms with van der Waals surface area (Å²) in [6, 6.07) is 0. The lowest BCUT2D eigenvalue weighted by molar-refractivity contribution is 0.0657. The van der Waals surface area contributed by atoms with E-state index >= 15 is 0 Å². The van der Waals surface area contributed by atoms with Crippen LogP contribution in [0.15, 0.2) is 0 Å². The number of hydrogen-bond donors (Lipinski definition) is 0. The summed E-state index contributed by atoms with van der Waals surface area (Å²) in [5.74, 6) is 0.493. The average Bonchev–Trinajstić information content (AvgIpc) is 2.13. The van der Waals surface area contributed by atoms with Crippen molar-refractivity contribution in [3.05, 3.63) is 0 Å². The van der Waals surface area contributed by atoms with Gasteiger partial charge in [0.1, 0.15) is 5.60 Å². The van der Waals surface area contributed by atoms with Gasteiger partial charge >= 0.3 is 0 Å². The van der Waals surface area contributed by atoms with Crippen LogP contribution in [-0.2, 0) is 5.11 Å². The van der Waals surface area contributed by atoms with Gasteiger partial charge in [-0.05, 0) is 19.3 Å². The van der Waals surface area contributed by atoms with Crippen LogP contribution < -0.4 is 0 Å². The molecular formula is C6H11O. The lowest BCUT2D eigenvalue weighted by Gasteiger charge is -1.91. The van der Waals surface area contributed by atoms with Gasteiger partial charge in [-0.1, -0.05) is 13.3 Å². The third kappa shape index (κ3) is 0.778. The molecule has 0 aliphatic heterocycles. The second-order valence-electron chi connectivity index (χ2n) is 2.62. The molecule has 1 nitrogen and oxygen atoms in total. The molecule has 0 bridgehead atoms. The quantitative estimate of drug-likeness (QED) is 0.476. The Hall–Kier alpha value is -0.0400. The van der Waals surface area contributed by atoms with Gasteiger partial charge in [-0.3, -0.25) is 0 Å². The van der Waals surface area contributed by atoms with Crippen LogP contribution in [0.3, 0.4) is 0 Å². The fourth-order valence-electron chi connectivity index (χ4n) is 1.01. The minimum atomic E-state index is -0.533. The highest BCUT2D eigenvalue weighted by atomic mass is 16.3. The Balaban J connectivity index is 2.30. The van der Waals surface area contributed by atoms with Crippen LogP contribution >= 0.6 is 0 Å². The predicted molar refractivity (Wildman–Crippen MR) is 27.5 cm³/mol. The van der Waals surface area contributed by atoms with Gasteiger partial charge in [0.2, 0.25) is 0 Å². The van der Waals surface area contributed by atoms with Crippen LogP contribution in [0.1, 0.15) is 26.7 Å². The second kappa shape index (κ2) is 1.22. The molecule has 0 aromatic heterocycles. The lowest BCUT2D eigenvalue weighted by Crippen LogP contribution is -1.99. The van der Waals surface area contributed by atoms with E-state index < -0.39 is 5.60 Å². The summed E-state index contributed by atoms with van der Waals surface area (Å²) in [6.45, 7) is 3.87. The molecule has 1 saturated carbocycles. The fraction of sp³-hybridized carbons (Fsp3) is 1.00. The molecule has 0 saturated heterocycles. The van der Waals surface area contributed by atoms with Crippen LogP contribution in [0, 0.1) is 5.92 Å². The zero-order chi connectivity index (χ0) is 5.49. The topological polar surface area (TPSA) is 19.9 Å². The van der Waals surface area contributed by atoms with E-state index in [1.54, 1.807) is 6.92 Å².